The minimum Gasteiger partial charge on any atom is -1.00 e. The van der Waals surface area contributed by atoms with Gasteiger partial charge in [-0.3, -0.25) is 4.79 Å². The van der Waals surface area contributed by atoms with E-state index in [1.165, 1.54) is 263 Å². The SMILES string of the molecule is C.CC[C@]1(O)CC[C@@]2(C)C(=CC[C@H]3[C@@H]4CC[C@H]([C@H](C)C(=O)CC5CCC(C)(C)CC5)[C@@]4(C)CC[C@@H]32)C1.CC[C@]1(O)CC[C@@]2(C)C(=CC[C@H]3[C@@H]4CC[C@H]([C@H](C)[C@@H](O)CC5CCC(C)(C)CC5)[C@@]4(C)CC[C@@H]32)C1.CC[C@]1(O)CC[C@@]2(C)[C@@H](CC[C@@H]3[C@@H]2CC[C@]2(C)[C@@H]([C@H](C)[C@@H](O)CC4CCC(C)(C)CC4)CC[C@@H]32)C1.CC[C@]1(O)CC[C@@]2(C)[C@H](CC[C@@H]3[C@@H]2CC[C@]2(C)[C@@H]([C@H](C)[C@@H](O)CC4CCC(C)(C)CC4)CC[C@@H]32)C1.CO.[B].[H-].[Na+]. The molecule has 8 N–H and O–H groups in total. The Balaban J connectivity index is 0.000000171. The Bertz CT molecular complexity index is 4100. The van der Waals surface area contributed by atoms with Gasteiger partial charge in [0.05, 0.1) is 40.7 Å². The Morgan fingerprint density at radius 3 is 0.876 bits per heavy atom. The Hall–Kier alpha value is -0.105. The Morgan fingerprint density at radius 2 is 0.572 bits per heavy atom. The van der Waals surface area contributed by atoms with Gasteiger partial charge < -0.3 is 42.3 Å². The van der Waals surface area contributed by atoms with Crippen LogP contribution in [-0.4, -0.2) is 103 Å². The molecule has 11 heteroatoms. The van der Waals surface area contributed by atoms with Crippen LogP contribution in [0.4, 0.5) is 0 Å². The fourth-order valence-corrected chi connectivity index (χ4v) is 42.8. The summed E-state index contributed by atoms with van der Waals surface area (Å²) in [5.74, 6) is 19.1. The molecule has 0 aromatic carbocycles. The van der Waals surface area contributed by atoms with Crippen molar-refractivity contribution in [2.75, 3.05) is 7.11 Å². The maximum atomic E-state index is 13.6. The zero-order chi connectivity index (χ0) is 103. The number of carbonyl (C=O) groups is 1. The largest absolute Gasteiger partial charge is 1.00 e. The van der Waals surface area contributed by atoms with E-state index in [1.54, 1.807) is 11.1 Å². The molecule has 0 aromatic heterocycles. The molecule has 0 spiro atoms. The van der Waals surface area contributed by atoms with E-state index in [-0.39, 0.29) is 71.1 Å². The topological polar surface area (TPSA) is 179 Å². The van der Waals surface area contributed by atoms with Crippen molar-refractivity contribution in [3.05, 3.63) is 23.3 Å². The summed E-state index contributed by atoms with van der Waals surface area (Å²) in [6.45, 7) is 58.3. The van der Waals surface area contributed by atoms with E-state index in [1.807, 2.05) is 0 Å². The first-order chi connectivity index (χ1) is 66.6. The maximum Gasteiger partial charge on any atom is 1.00 e. The molecule has 0 amide bonds. The third-order valence-electron chi connectivity index (χ3n) is 54.0. The number of aliphatic hydroxyl groups excluding tert-OH is 4. The van der Waals surface area contributed by atoms with Crippen LogP contribution >= 0.6 is 0 Å². The summed E-state index contributed by atoms with van der Waals surface area (Å²) < 4.78 is 0. The van der Waals surface area contributed by atoms with Crippen molar-refractivity contribution in [2.45, 2.75) is 587 Å². The number of allylic oxidation sites excluding steroid dienone is 2. The van der Waals surface area contributed by atoms with Gasteiger partial charge in [0.1, 0.15) is 5.78 Å². The smallest absolute Gasteiger partial charge is 1.00 e. The Kier molecular flexibility index (Phi) is 38.9. The van der Waals surface area contributed by atoms with Gasteiger partial charge in [0.25, 0.3) is 0 Å². The van der Waals surface area contributed by atoms with Crippen LogP contribution in [0.25, 0.3) is 0 Å². The van der Waals surface area contributed by atoms with Crippen LogP contribution in [0.5, 0.6) is 0 Å². The van der Waals surface area contributed by atoms with E-state index in [0.29, 0.717) is 118 Å². The van der Waals surface area contributed by atoms with Gasteiger partial charge in [-0.25, -0.2) is 0 Å². The maximum absolute atomic E-state index is 13.6. The fraction of sp³-hybridized carbons (Fsp3) is 0.963. The van der Waals surface area contributed by atoms with Gasteiger partial charge in [-0.2, -0.15) is 0 Å². The van der Waals surface area contributed by atoms with Crippen LogP contribution in [0.15, 0.2) is 23.3 Å². The number of ketones is 1. The second-order valence-electron chi connectivity index (χ2n) is 62.7. The number of hydrogen-bond donors (Lipinski definition) is 8. The molecule has 37 atom stereocenters. The summed E-state index contributed by atoms with van der Waals surface area (Å²) in [7, 11) is 1.00. The van der Waals surface area contributed by atoms with Gasteiger partial charge in [0.15, 0.2) is 0 Å². The van der Waals surface area contributed by atoms with Crippen LogP contribution in [0.3, 0.4) is 0 Å². The molecule has 0 aliphatic heterocycles. The van der Waals surface area contributed by atoms with Crippen molar-refractivity contribution in [3.8, 4) is 0 Å². The molecule has 145 heavy (non-hydrogen) atoms. The molecule has 20 aliphatic rings. The summed E-state index contributed by atoms with van der Waals surface area (Å²) in [6, 6.07) is 0. The predicted molar refractivity (Wildman–Crippen MR) is 605 cm³/mol. The summed E-state index contributed by atoms with van der Waals surface area (Å²) in [5.41, 5.74) is 6.57. The van der Waals surface area contributed by atoms with Crippen LogP contribution in [0.2, 0.25) is 0 Å². The van der Waals surface area contributed by atoms with Crippen LogP contribution in [0, 0.1) is 219 Å². The Labute approximate surface area is 920 Å². The van der Waals surface area contributed by atoms with Crippen molar-refractivity contribution in [1.82, 2.24) is 0 Å². The normalized spacial score (nSPS) is 46.5. The summed E-state index contributed by atoms with van der Waals surface area (Å²) >= 11 is 0. The molecular weight excluding hydrogens is 1790 g/mol. The van der Waals surface area contributed by atoms with E-state index in [2.05, 4.69) is 178 Å². The van der Waals surface area contributed by atoms with Crippen molar-refractivity contribution in [2.24, 2.45) is 219 Å². The first kappa shape index (κ1) is 122. The molecule has 3 radical (unpaired) electrons. The van der Waals surface area contributed by atoms with E-state index >= 15 is 0 Å². The minimum absolute atomic E-state index is 0. The molecule has 829 valence electrons. The summed E-state index contributed by atoms with van der Waals surface area (Å²) in [4.78, 5) is 13.6. The van der Waals surface area contributed by atoms with E-state index in [0.717, 1.165) is 217 Å². The number of aliphatic hydroxyl groups is 8. The van der Waals surface area contributed by atoms with Gasteiger partial charge >= 0.3 is 29.6 Å². The van der Waals surface area contributed by atoms with E-state index in [4.69, 9.17) is 5.11 Å². The van der Waals surface area contributed by atoms with Crippen molar-refractivity contribution in [3.63, 3.8) is 0 Å². The number of fused-ring (bicyclic) bond motifs is 20. The van der Waals surface area contributed by atoms with Gasteiger partial charge in [-0.1, -0.05) is 197 Å². The summed E-state index contributed by atoms with van der Waals surface area (Å²) in [6.07, 6.45) is 75.6. The second kappa shape index (κ2) is 46.3. The molecule has 20 rings (SSSR count). The Morgan fingerprint density at radius 1 is 0.310 bits per heavy atom. The average Bonchev–Trinajstić information content (AvgIpc) is 1.13. The summed E-state index contributed by atoms with van der Waals surface area (Å²) in [5, 5.41) is 85.6. The van der Waals surface area contributed by atoms with Gasteiger partial charge in [-0.05, 0) is 579 Å². The number of Topliss-reactive ketones (excluding diaryl/α,β-unsaturated/α-hetero) is 1. The third kappa shape index (κ3) is 23.9. The van der Waals surface area contributed by atoms with Crippen molar-refractivity contribution >= 4 is 14.2 Å². The number of rotatable bonds is 20. The molecular formula is C134H235BNaO9. The van der Waals surface area contributed by atoms with Crippen molar-refractivity contribution < 1.29 is 76.6 Å². The van der Waals surface area contributed by atoms with Gasteiger partial charge in [-0.15, -0.1) is 0 Å². The van der Waals surface area contributed by atoms with Crippen molar-refractivity contribution in [1.29, 1.82) is 0 Å². The number of carbonyl (C=O) groups excluding carboxylic acids is 1. The third-order valence-corrected chi connectivity index (χ3v) is 54.0. The van der Waals surface area contributed by atoms with E-state index < -0.39 is 22.4 Å². The standard InChI is InChI=1S/2C33H58O2.C33H56O2.C33H54O2.CH4O.CH4.B.Na.H/c4*1-7-33(35)19-18-31(5)24(21-33)8-9-25-27-11-10-26(32(27,6)17-14-28(25)31)22(2)29(34)20-23-12-15-30(3,4)16-13-23;1-2;;;;/h2*22-29,34-35H,7-21H2,1-6H3;8,22-23,25-29,34-35H,7,9-21H2,1-6H3;8,22-23,25-28,35H,7,9-21H2,1-6H3;2H,1H3;1H4;;;/q;;;;;;;+1;-1/t22-,24+,25-,26+,27-,28-,29-,31-,32+,33-;22-,24-,25-,26+,27-,28-,29-,31-,32+,33-;22-,25-,26+,27-,28-,29-,31-,32+,33-;22-,25-,26+,27-,28-,31-,32+,33-;;;;;/m0000...../s1. The molecule has 18 saturated carbocycles. The molecule has 0 unspecified atom stereocenters. The molecule has 0 bridgehead atoms. The molecule has 0 saturated heterocycles. The quantitative estimate of drug-likeness (QED) is 0.0435. The van der Waals surface area contributed by atoms with E-state index in [9.17, 15) is 40.5 Å². The molecule has 18 fully saturated rings. The molecule has 0 heterocycles. The van der Waals surface area contributed by atoms with Crippen LogP contribution in [-0.2, 0) is 4.79 Å². The fourth-order valence-electron chi connectivity index (χ4n) is 42.8. The molecule has 0 aromatic rings. The van der Waals surface area contributed by atoms with Gasteiger partial charge in [0.2, 0.25) is 0 Å². The monoisotopic (exact) mass is 2020 g/mol. The van der Waals surface area contributed by atoms with Crippen LogP contribution in [0.1, 0.15) is 547 Å². The minimum atomic E-state index is -0.469. The molecule has 9 nitrogen and oxygen atoms in total. The average molecular weight is 2020 g/mol. The predicted octanol–water partition coefficient (Wildman–Crippen LogP) is 30.6. The second-order valence-corrected chi connectivity index (χ2v) is 62.7. The first-order valence-electron chi connectivity index (χ1n) is 62.9. The first-order valence-corrected chi connectivity index (χ1v) is 62.9. The van der Waals surface area contributed by atoms with Gasteiger partial charge in [0, 0.05) is 27.9 Å². The number of hydrogen-bond acceptors (Lipinski definition) is 9. The van der Waals surface area contributed by atoms with Crippen LogP contribution < -0.4 is 29.6 Å². The zero-order valence-corrected chi connectivity index (χ0v) is 101. The zero-order valence-electron chi connectivity index (χ0n) is 100.0. The molecule has 20 aliphatic carbocycles.